The van der Waals surface area contributed by atoms with Crippen LogP contribution in [0.1, 0.15) is 23.0 Å². The minimum Gasteiger partial charge on any atom is -0.343 e. The SMILES string of the molecule is Cc1cc(C(N)c2ncon2)ccc1Br. The Balaban J connectivity index is 2.34. The number of rotatable bonds is 2. The van der Waals surface area contributed by atoms with Crippen molar-refractivity contribution in [2.45, 2.75) is 13.0 Å². The molecule has 0 bridgehead atoms. The van der Waals surface area contributed by atoms with Gasteiger partial charge in [0.1, 0.15) is 0 Å². The van der Waals surface area contributed by atoms with Crippen LogP contribution in [0.5, 0.6) is 0 Å². The lowest BCUT2D eigenvalue weighted by atomic mass is 10.1. The first kappa shape index (κ1) is 10.3. The van der Waals surface area contributed by atoms with E-state index in [1.807, 2.05) is 25.1 Å². The van der Waals surface area contributed by atoms with Crippen LogP contribution in [-0.4, -0.2) is 10.1 Å². The van der Waals surface area contributed by atoms with Gasteiger partial charge in [-0.05, 0) is 24.1 Å². The fourth-order valence-corrected chi connectivity index (χ4v) is 1.57. The largest absolute Gasteiger partial charge is 0.343 e. The van der Waals surface area contributed by atoms with Crippen LogP contribution in [0.25, 0.3) is 0 Å². The molecule has 1 atom stereocenters. The van der Waals surface area contributed by atoms with Crippen molar-refractivity contribution in [3.63, 3.8) is 0 Å². The summed E-state index contributed by atoms with van der Waals surface area (Å²) in [6.07, 6.45) is 1.28. The zero-order valence-electron chi connectivity index (χ0n) is 8.14. The van der Waals surface area contributed by atoms with Gasteiger partial charge in [-0.15, -0.1) is 0 Å². The molecule has 15 heavy (non-hydrogen) atoms. The van der Waals surface area contributed by atoms with Gasteiger partial charge in [0.25, 0.3) is 0 Å². The predicted octanol–water partition coefficient (Wildman–Crippen LogP) is 2.19. The molecule has 1 unspecified atom stereocenters. The molecular weight excluding hydrogens is 258 g/mol. The average molecular weight is 268 g/mol. The maximum atomic E-state index is 5.98. The second kappa shape index (κ2) is 4.12. The molecule has 0 radical (unpaired) electrons. The number of nitrogens with zero attached hydrogens (tertiary/aromatic N) is 2. The Morgan fingerprint density at radius 3 is 2.87 bits per heavy atom. The van der Waals surface area contributed by atoms with E-state index in [0.717, 1.165) is 15.6 Å². The van der Waals surface area contributed by atoms with Crippen molar-refractivity contribution in [3.05, 3.63) is 46.0 Å². The smallest absolute Gasteiger partial charge is 0.213 e. The highest BCUT2D eigenvalue weighted by Crippen LogP contribution is 2.22. The molecule has 4 nitrogen and oxygen atoms in total. The van der Waals surface area contributed by atoms with Crippen LogP contribution < -0.4 is 5.73 Å². The Kier molecular flexibility index (Phi) is 2.83. The Hall–Kier alpha value is -1.20. The summed E-state index contributed by atoms with van der Waals surface area (Å²) < 4.78 is 5.72. The van der Waals surface area contributed by atoms with Crippen LogP contribution in [0.4, 0.5) is 0 Å². The summed E-state index contributed by atoms with van der Waals surface area (Å²) in [6, 6.07) is 5.57. The predicted molar refractivity (Wildman–Crippen MR) is 59.2 cm³/mol. The Morgan fingerprint density at radius 1 is 1.47 bits per heavy atom. The summed E-state index contributed by atoms with van der Waals surface area (Å²) in [6.45, 7) is 2.01. The van der Waals surface area contributed by atoms with Crippen molar-refractivity contribution in [1.29, 1.82) is 0 Å². The zero-order valence-corrected chi connectivity index (χ0v) is 9.73. The van der Waals surface area contributed by atoms with E-state index in [1.54, 1.807) is 0 Å². The first-order chi connectivity index (χ1) is 7.18. The van der Waals surface area contributed by atoms with Crippen molar-refractivity contribution >= 4 is 15.9 Å². The van der Waals surface area contributed by atoms with Crippen LogP contribution in [0.2, 0.25) is 0 Å². The molecule has 0 spiro atoms. The van der Waals surface area contributed by atoms with Crippen LogP contribution >= 0.6 is 15.9 Å². The van der Waals surface area contributed by atoms with Gasteiger partial charge in [0, 0.05) is 4.47 Å². The lowest BCUT2D eigenvalue weighted by molar-refractivity contribution is 0.407. The topological polar surface area (TPSA) is 64.9 Å². The molecule has 2 rings (SSSR count). The molecular formula is C10H10BrN3O. The average Bonchev–Trinajstić information content (AvgIpc) is 2.74. The Labute approximate surface area is 95.6 Å². The van der Waals surface area contributed by atoms with Gasteiger partial charge in [-0.3, -0.25) is 0 Å². The maximum Gasteiger partial charge on any atom is 0.213 e. The van der Waals surface area contributed by atoms with Crippen molar-refractivity contribution in [3.8, 4) is 0 Å². The first-order valence-electron chi connectivity index (χ1n) is 4.46. The first-order valence-corrected chi connectivity index (χ1v) is 5.25. The van der Waals surface area contributed by atoms with Crippen molar-refractivity contribution in [2.24, 2.45) is 5.73 Å². The van der Waals surface area contributed by atoms with Crippen LogP contribution in [-0.2, 0) is 0 Å². The number of halogens is 1. The molecule has 0 fully saturated rings. The molecule has 78 valence electrons. The highest BCUT2D eigenvalue weighted by molar-refractivity contribution is 9.10. The van der Waals surface area contributed by atoms with Gasteiger partial charge in [-0.25, -0.2) is 0 Å². The molecule has 2 aromatic rings. The minimum absolute atomic E-state index is 0.337. The van der Waals surface area contributed by atoms with Crippen molar-refractivity contribution < 1.29 is 4.52 Å². The summed E-state index contributed by atoms with van der Waals surface area (Å²) in [4.78, 5) is 3.93. The summed E-state index contributed by atoms with van der Waals surface area (Å²) in [5.41, 5.74) is 8.08. The van der Waals surface area contributed by atoms with Gasteiger partial charge < -0.3 is 10.3 Å². The van der Waals surface area contributed by atoms with Gasteiger partial charge in [0.2, 0.25) is 6.39 Å². The molecule has 1 aromatic carbocycles. The minimum atomic E-state index is -0.337. The molecule has 2 N–H and O–H groups in total. The molecule has 0 aliphatic heterocycles. The lowest BCUT2D eigenvalue weighted by Crippen LogP contribution is -2.13. The monoisotopic (exact) mass is 267 g/mol. The molecule has 1 aromatic heterocycles. The quantitative estimate of drug-likeness (QED) is 0.906. The van der Waals surface area contributed by atoms with E-state index in [4.69, 9.17) is 5.73 Å². The van der Waals surface area contributed by atoms with E-state index in [1.165, 1.54) is 6.39 Å². The van der Waals surface area contributed by atoms with E-state index in [-0.39, 0.29) is 6.04 Å². The number of hydrogen-bond acceptors (Lipinski definition) is 4. The summed E-state index contributed by atoms with van der Waals surface area (Å²) in [7, 11) is 0. The summed E-state index contributed by atoms with van der Waals surface area (Å²) in [5, 5.41) is 3.72. The van der Waals surface area contributed by atoms with Crippen molar-refractivity contribution in [2.75, 3.05) is 0 Å². The standard InChI is InChI=1S/C10H10BrN3O/c1-6-4-7(2-3-8(6)11)9(12)10-13-5-15-14-10/h2-5,9H,12H2,1H3. The summed E-state index contributed by atoms with van der Waals surface area (Å²) in [5.74, 6) is 0.497. The van der Waals surface area contributed by atoms with E-state index >= 15 is 0 Å². The fraction of sp³-hybridized carbons (Fsp3) is 0.200. The van der Waals surface area contributed by atoms with Crippen LogP contribution in [0, 0.1) is 6.92 Å². The van der Waals surface area contributed by atoms with Gasteiger partial charge in [0.05, 0.1) is 6.04 Å². The molecule has 0 aliphatic rings. The molecule has 0 amide bonds. The van der Waals surface area contributed by atoms with Gasteiger partial charge >= 0.3 is 0 Å². The highest BCUT2D eigenvalue weighted by Gasteiger charge is 2.13. The van der Waals surface area contributed by atoms with Crippen molar-refractivity contribution in [1.82, 2.24) is 10.1 Å². The second-order valence-corrected chi connectivity index (χ2v) is 4.13. The van der Waals surface area contributed by atoms with E-state index in [9.17, 15) is 0 Å². The van der Waals surface area contributed by atoms with E-state index < -0.39 is 0 Å². The molecule has 0 aliphatic carbocycles. The summed E-state index contributed by atoms with van der Waals surface area (Å²) >= 11 is 3.44. The normalized spacial score (nSPS) is 12.7. The third-order valence-corrected chi connectivity index (χ3v) is 3.09. The molecule has 5 heteroatoms. The number of nitrogens with two attached hydrogens (primary N) is 1. The third kappa shape index (κ3) is 2.08. The van der Waals surface area contributed by atoms with Gasteiger partial charge in [-0.1, -0.05) is 33.2 Å². The number of aryl methyl sites for hydroxylation is 1. The second-order valence-electron chi connectivity index (χ2n) is 3.28. The van der Waals surface area contributed by atoms with Crippen LogP contribution in [0.15, 0.2) is 33.6 Å². The van der Waals surface area contributed by atoms with Crippen LogP contribution in [0.3, 0.4) is 0 Å². The number of aromatic nitrogens is 2. The fourth-order valence-electron chi connectivity index (χ4n) is 1.33. The van der Waals surface area contributed by atoms with E-state index in [0.29, 0.717) is 5.82 Å². The third-order valence-electron chi connectivity index (χ3n) is 2.20. The maximum absolute atomic E-state index is 5.98. The zero-order chi connectivity index (χ0) is 10.8. The Bertz CT molecular complexity index is 456. The van der Waals surface area contributed by atoms with Gasteiger partial charge in [0.15, 0.2) is 5.82 Å². The number of benzene rings is 1. The molecule has 0 saturated heterocycles. The number of hydrogen-bond donors (Lipinski definition) is 1. The van der Waals surface area contributed by atoms with E-state index in [2.05, 4.69) is 30.6 Å². The molecule has 1 heterocycles. The lowest BCUT2D eigenvalue weighted by Gasteiger charge is -2.09. The Morgan fingerprint density at radius 2 is 2.27 bits per heavy atom. The highest BCUT2D eigenvalue weighted by atomic mass is 79.9. The van der Waals surface area contributed by atoms with Gasteiger partial charge in [-0.2, -0.15) is 4.98 Å². The molecule has 0 saturated carbocycles.